The zero-order valence-electron chi connectivity index (χ0n) is 5.58. The first-order valence-corrected chi connectivity index (χ1v) is 3.05. The lowest BCUT2D eigenvalue weighted by Gasteiger charge is -2.07. The fourth-order valence-electron chi connectivity index (χ4n) is 0.565. The summed E-state index contributed by atoms with van der Waals surface area (Å²) >= 11 is 0. The lowest BCUT2D eigenvalue weighted by molar-refractivity contribution is -0.142. The molecule has 5 heteroatoms. The van der Waals surface area contributed by atoms with Crippen molar-refractivity contribution in [1.82, 2.24) is 5.48 Å². The summed E-state index contributed by atoms with van der Waals surface area (Å²) < 4.78 is 0. The molecule has 0 aliphatic heterocycles. The van der Waals surface area contributed by atoms with Crippen LogP contribution in [0.1, 0.15) is 12.8 Å². The molecule has 0 fully saturated rings. The van der Waals surface area contributed by atoms with Crippen LogP contribution in [0, 0.1) is 0 Å². The fourth-order valence-corrected chi connectivity index (χ4v) is 0.565. The van der Waals surface area contributed by atoms with Gasteiger partial charge in [-0.25, -0.2) is 0 Å². The number of hydrogen-bond donors (Lipinski definition) is 4. The molecule has 5 nitrogen and oxygen atoms in total. The van der Waals surface area contributed by atoms with Gasteiger partial charge in [0.15, 0.2) is 0 Å². The lowest BCUT2D eigenvalue weighted by Crippen LogP contribution is -2.34. The summed E-state index contributed by atoms with van der Waals surface area (Å²) in [6.45, 7) is 0.436. The monoisotopic (exact) mass is 148 g/mol. The van der Waals surface area contributed by atoms with Crippen molar-refractivity contribution in [2.75, 3.05) is 6.54 Å². The van der Waals surface area contributed by atoms with E-state index < -0.39 is 12.0 Å². The van der Waals surface area contributed by atoms with Gasteiger partial charge in [-0.15, -0.1) is 0 Å². The number of aliphatic carboxylic acids is 1. The van der Waals surface area contributed by atoms with E-state index >= 15 is 0 Å². The predicted octanol–water partition coefficient (Wildman–Crippen LogP) is -0.843. The molecule has 60 valence electrons. The van der Waals surface area contributed by atoms with E-state index in [0.717, 1.165) is 0 Å². The third kappa shape index (κ3) is 3.39. The normalized spacial score (nSPS) is 13.0. The van der Waals surface area contributed by atoms with Crippen molar-refractivity contribution in [3.8, 4) is 0 Å². The van der Waals surface area contributed by atoms with E-state index in [2.05, 4.69) is 0 Å². The quantitative estimate of drug-likeness (QED) is 0.381. The van der Waals surface area contributed by atoms with Crippen LogP contribution in [-0.4, -0.2) is 28.9 Å². The SMILES string of the molecule is NCCCC(NO)C(=O)O. The van der Waals surface area contributed by atoms with Crippen LogP contribution in [0.15, 0.2) is 0 Å². The Morgan fingerprint density at radius 1 is 1.70 bits per heavy atom. The number of hydrogen-bond acceptors (Lipinski definition) is 4. The minimum Gasteiger partial charge on any atom is -0.480 e. The van der Waals surface area contributed by atoms with Gasteiger partial charge in [0.25, 0.3) is 0 Å². The van der Waals surface area contributed by atoms with Gasteiger partial charge in [0.05, 0.1) is 0 Å². The number of carbonyl (C=O) groups is 1. The molecule has 1 unspecified atom stereocenters. The summed E-state index contributed by atoms with van der Waals surface area (Å²) in [5.41, 5.74) is 6.81. The Kier molecular flexibility index (Phi) is 4.82. The summed E-state index contributed by atoms with van der Waals surface area (Å²) in [5.74, 6) is -1.06. The smallest absolute Gasteiger partial charge is 0.323 e. The Morgan fingerprint density at radius 3 is 2.60 bits per heavy atom. The standard InChI is InChI=1S/C5H12N2O3/c6-3-1-2-4(7-10)5(8)9/h4,7,10H,1-3,6H2,(H,8,9). The third-order valence-corrected chi connectivity index (χ3v) is 1.15. The summed E-state index contributed by atoms with van der Waals surface area (Å²) in [6, 6.07) is -0.886. The molecule has 1 atom stereocenters. The van der Waals surface area contributed by atoms with Gasteiger partial charge >= 0.3 is 5.97 Å². The molecule has 0 radical (unpaired) electrons. The number of hydroxylamine groups is 1. The van der Waals surface area contributed by atoms with E-state index in [1.165, 1.54) is 0 Å². The average molecular weight is 148 g/mol. The largest absolute Gasteiger partial charge is 0.480 e. The van der Waals surface area contributed by atoms with Crippen LogP contribution in [0.4, 0.5) is 0 Å². The second-order valence-corrected chi connectivity index (χ2v) is 1.95. The van der Waals surface area contributed by atoms with Crippen LogP contribution >= 0.6 is 0 Å². The van der Waals surface area contributed by atoms with Gasteiger partial charge in [-0.3, -0.25) is 4.79 Å². The number of carboxylic acid groups (broad SMARTS) is 1. The number of nitrogens with two attached hydrogens (primary N) is 1. The molecule has 0 bridgehead atoms. The number of rotatable bonds is 5. The van der Waals surface area contributed by atoms with Crippen LogP contribution < -0.4 is 11.2 Å². The Morgan fingerprint density at radius 2 is 2.30 bits per heavy atom. The molecule has 10 heavy (non-hydrogen) atoms. The molecule has 0 spiro atoms. The molecule has 0 rings (SSSR count). The highest BCUT2D eigenvalue weighted by atomic mass is 16.5. The highest BCUT2D eigenvalue weighted by Crippen LogP contribution is 1.94. The van der Waals surface area contributed by atoms with Crippen molar-refractivity contribution in [2.24, 2.45) is 5.73 Å². The second-order valence-electron chi connectivity index (χ2n) is 1.95. The van der Waals surface area contributed by atoms with Gasteiger partial charge in [-0.2, -0.15) is 5.48 Å². The number of nitrogens with one attached hydrogen (secondary N) is 1. The third-order valence-electron chi connectivity index (χ3n) is 1.15. The van der Waals surface area contributed by atoms with E-state index in [0.29, 0.717) is 19.4 Å². The van der Waals surface area contributed by atoms with Crippen LogP contribution in [0.5, 0.6) is 0 Å². The molecule has 0 saturated heterocycles. The molecule has 0 aliphatic carbocycles. The summed E-state index contributed by atoms with van der Waals surface area (Å²) in [7, 11) is 0. The second kappa shape index (κ2) is 5.16. The molecular weight excluding hydrogens is 136 g/mol. The predicted molar refractivity (Wildman–Crippen MR) is 34.6 cm³/mol. The van der Waals surface area contributed by atoms with Gasteiger partial charge in [0.1, 0.15) is 6.04 Å². The van der Waals surface area contributed by atoms with E-state index in [1.54, 1.807) is 5.48 Å². The van der Waals surface area contributed by atoms with E-state index in [1.807, 2.05) is 0 Å². The van der Waals surface area contributed by atoms with Crippen molar-refractivity contribution in [2.45, 2.75) is 18.9 Å². The topological polar surface area (TPSA) is 95.6 Å². The Balaban J connectivity index is 3.50. The summed E-state index contributed by atoms with van der Waals surface area (Å²) in [5, 5.41) is 16.6. The summed E-state index contributed by atoms with van der Waals surface area (Å²) in [4.78, 5) is 10.2. The maximum Gasteiger partial charge on any atom is 0.323 e. The van der Waals surface area contributed by atoms with Crippen LogP contribution in [0.2, 0.25) is 0 Å². The molecule has 0 heterocycles. The summed E-state index contributed by atoms with van der Waals surface area (Å²) in [6.07, 6.45) is 0.937. The minimum atomic E-state index is -1.06. The maximum atomic E-state index is 10.2. The van der Waals surface area contributed by atoms with Crippen LogP contribution in [-0.2, 0) is 4.79 Å². The van der Waals surface area contributed by atoms with Crippen molar-refractivity contribution in [1.29, 1.82) is 0 Å². The van der Waals surface area contributed by atoms with Crippen LogP contribution in [0.3, 0.4) is 0 Å². The van der Waals surface area contributed by atoms with Crippen molar-refractivity contribution >= 4 is 5.97 Å². The Bertz CT molecular complexity index is 107. The van der Waals surface area contributed by atoms with Gasteiger partial charge in [0.2, 0.25) is 0 Å². The van der Waals surface area contributed by atoms with Crippen molar-refractivity contribution in [3.05, 3.63) is 0 Å². The van der Waals surface area contributed by atoms with Gasteiger partial charge in [-0.1, -0.05) is 0 Å². The average Bonchev–Trinajstić information content (AvgIpc) is 1.89. The minimum absolute atomic E-state index is 0.350. The van der Waals surface area contributed by atoms with E-state index in [4.69, 9.17) is 16.0 Å². The highest BCUT2D eigenvalue weighted by molar-refractivity contribution is 5.73. The fraction of sp³-hybridized carbons (Fsp3) is 0.800. The molecule has 0 saturated carbocycles. The zero-order chi connectivity index (χ0) is 7.98. The van der Waals surface area contributed by atoms with Gasteiger partial charge in [-0.05, 0) is 19.4 Å². The molecule has 0 aliphatic rings. The molecule has 5 N–H and O–H groups in total. The molecule has 0 aromatic rings. The molecular formula is C5H12N2O3. The molecule has 0 amide bonds. The van der Waals surface area contributed by atoms with Gasteiger partial charge in [0, 0.05) is 0 Å². The Hall–Kier alpha value is -0.650. The maximum absolute atomic E-state index is 10.2. The Labute approximate surface area is 58.8 Å². The lowest BCUT2D eigenvalue weighted by atomic mass is 10.2. The number of carboxylic acids is 1. The molecule has 0 aromatic heterocycles. The first-order valence-electron chi connectivity index (χ1n) is 3.05. The van der Waals surface area contributed by atoms with E-state index in [9.17, 15) is 4.79 Å². The van der Waals surface area contributed by atoms with Crippen molar-refractivity contribution in [3.63, 3.8) is 0 Å². The van der Waals surface area contributed by atoms with Crippen molar-refractivity contribution < 1.29 is 15.1 Å². The molecule has 0 aromatic carbocycles. The van der Waals surface area contributed by atoms with Gasteiger partial charge < -0.3 is 16.0 Å². The highest BCUT2D eigenvalue weighted by Gasteiger charge is 2.13. The first-order chi connectivity index (χ1) is 4.72. The van der Waals surface area contributed by atoms with Crippen LogP contribution in [0.25, 0.3) is 0 Å². The van der Waals surface area contributed by atoms with E-state index in [-0.39, 0.29) is 0 Å². The zero-order valence-corrected chi connectivity index (χ0v) is 5.58. The first kappa shape index (κ1) is 9.35.